The number of anilines is 1. The summed E-state index contributed by atoms with van der Waals surface area (Å²) in [5, 5.41) is 3.00. The smallest absolute Gasteiger partial charge is 0.227 e. The Labute approximate surface area is 138 Å². The van der Waals surface area contributed by atoms with Gasteiger partial charge in [0, 0.05) is 18.2 Å². The molecule has 2 aromatic heterocycles. The van der Waals surface area contributed by atoms with Crippen LogP contribution in [0.1, 0.15) is 65.6 Å². The van der Waals surface area contributed by atoms with Gasteiger partial charge in [-0.2, -0.15) is 0 Å². The first-order chi connectivity index (χ1) is 10.3. The van der Waals surface area contributed by atoms with Crippen molar-refractivity contribution in [2.45, 2.75) is 66.8 Å². The summed E-state index contributed by atoms with van der Waals surface area (Å²) >= 11 is 0. The molecule has 1 aliphatic rings. The van der Waals surface area contributed by atoms with E-state index in [9.17, 15) is 4.79 Å². The summed E-state index contributed by atoms with van der Waals surface area (Å²) in [7, 11) is 0. The minimum atomic E-state index is -0.0355. The number of pyridine rings is 1. The molecule has 0 saturated heterocycles. The molecule has 1 N–H and O–H groups in total. The summed E-state index contributed by atoms with van der Waals surface area (Å²) in [6.45, 7) is 8.17. The summed E-state index contributed by atoms with van der Waals surface area (Å²) in [6.07, 6.45) is 3.96. The van der Waals surface area contributed by atoms with Crippen LogP contribution in [0.25, 0.3) is 11.2 Å². The number of amides is 1. The lowest BCUT2D eigenvalue weighted by atomic mass is 9.92. The van der Waals surface area contributed by atoms with Gasteiger partial charge in [0.05, 0.1) is 0 Å². The molecule has 3 rings (SSSR count). The number of hydrogen-bond acceptors (Lipinski definition) is 3. The van der Waals surface area contributed by atoms with Gasteiger partial charge < -0.3 is 0 Å². The Balaban J connectivity index is 0.00000192. The molecule has 0 aromatic carbocycles. The van der Waals surface area contributed by atoms with Gasteiger partial charge in [0.2, 0.25) is 11.9 Å². The zero-order valence-corrected chi connectivity index (χ0v) is 13.8. The summed E-state index contributed by atoms with van der Waals surface area (Å²) in [5.74, 6) is 0.659. The lowest BCUT2D eigenvalue weighted by Crippen LogP contribution is -2.24. The fraction of sp³-hybridized carbons (Fsp3) is 0.611. The Hall–Kier alpha value is -1.91. The van der Waals surface area contributed by atoms with Crippen LogP contribution in [0.2, 0.25) is 0 Å². The van der Waals surface area contributed by atoms with Gasteiger partial charge in [0.25, 0.3) is 0 Å². The number of aryl methyl sites for hydroxylation is 1. The quantitative estimate of drug-likeness (QED) is 0.908. The van der Waals surface area contributed by atoms with Crippen molar-refractivity contribution in [3.63, 3.8) is 0 Å². The molecule has 0 bridgehead atoms. The SMILES string of the molecule is C.Cc1ccc2nc(NC(=O)CC(C)(C)C)n(C3CCC3)c2n1. The highest BCUT2D eigenvalue weighted by Gasteiger charge is 2.27. The number of imidazole rings is 1. The number of fused-ring (bicyclic) bond motifs is 1. The first kappa shape index (κ1) is 17.4. The van der Waals surface area contributed by atoms with E-state index in [1.807, 2.05) is 19.1 Å². The number of aromatic nitrogens is 3. The normalized spacial score (nSPS) is 15.1. The van der Waals surface area contributed by atoms with Crippen LogP contribution in [0.5, 0.6) is 0 Å². The Morgan fingerprint density at radius 1 is 1.30 bits per heavy atom. The third kappa shape index (κ3) is 3.71. The number of carbonyl (C=O) groups excluding carboxylic acids is 1. The van der Waals surface area contributed by atoms with Crippen molar-refractivity contribution in [1.29, 1.82) is 0 Å². The summed E-state index contributed by atoms with van der Waals surface area (Å²) in [5.41, 5.74) is 2.67. The van der Waals surface area contributed by atoms with Gasteiger partial charge in [-0.1, -0.05) is 28.2 Å². The van der Waals surface area contributed by atoms with Gasteiger partial charge in [0.15, 0.2) is 5.65 Å². The van der Waals surface area contributed by atoms with E-state index in [0.717, 1.165) is 29.7 Å². The molecular weight excluding hydrogens is 288 g/mol. The van der Waals surface area contributed by atoms with E-state index in [-0.39, 0.29) is 18.7 Å². The molecule has 2 heterocycles. The van der Waals surface area contributed by atoms with Crippen LogP contribution in [0.15, 0.2) is 12.1 Å². The van der Waals surface area contributed by atoms with Gasteiger partial charge in [-0.05, 0) is 43.7 Å². The fourth-order valence-electron chi connectivity index (χ4n) is 2.80. The number of rotatable bonds is 3. The molecule has 0 atom stereocenters. The van der Waals surface area contributed by atoms with Crippen molar-refractivity contribution in [1.82, 2.24) is 14.5 Å². The summed E-state index contributed by atoms with van der Waals surface area (Å²) in [6, 6.07) is 4.34. The molecule has 1 amide bonds. The second kappa shape index (κ2) is 6.30. The van der Waals surface area contributed by atoms with Gasteiger partial charge in [-0.15, -0.1) is 0 Å². The molecule has 2 aromatic rings. The van der Waals surface area contributed by atoms with Crippen molar-refractivity contribution < 1.29 is 4.79 Å². The van der Waals surface area contributed by atoms with Crippen LogP contribution < -0.4 is 5.32 Å². The van der Waals surface area contributed by atoms with E-state index in [2.05, 4.69) is 40.6 Å². The number of nitrogens with one attached hydrogen (secondary N) is 1. The number of hydrogen-bond donors (Lipinski definition) is 1. The van der Waals surface area contributed by atoms with Crippen LogP contribution in [-0.4, -0.2) is 20.4 Å². The molecule has 0 aliphatic heterocycles. The second-order valence-corrected chi connectivity index (χ2v) is 7.47. The number of nitrogens with zero attached hydrogens (tertiary/aromatic N) is 3. The van der Waals surface area contributed by atoms with Crippen LogP contribution in [0, 0.1) is 12.3 Å². The van der Waals surface area contributed by atoms with Crippen molar-refractivity contribution in [3.8, 4) is 0 Å². The zero-order chi connectivity index (χ0) is 15.9. The third-order valence-corrected chi connectivity index (χ3v) is 4.06. The maximum Gasteiger partial charge on any atom is 0.227 e. The van der Waals surface area contributed by atoms with Crippen molar-refractivity contribution in [2.75, 3.05) is 5.32 Å². The minimum absolute atomic E-state index is 0. The monoisotopic (exact) mass is 316 g/mol. The molecule has 126 valence electrons. The van der Waals surface area contributed by atoms with E-state index >= 15 is 0 Å². The molecule has 0 radical (unpaired) electrons. The molecule has 0 unspecified atom stereocenters. The van der Waals surface area contributed by atoms with Crippen molar-refractivity contribution in [2.24, 2.45) is 5.41 Å². The van der Waals surface area contributed by atoms with Crippen LogP contribution in [-0.2, 0) is 4.79 Å². The molecule has 1 fully saturated rings. The summed E-state index contributed by atoms with van der Waals surface area (Å²) < 4.78 is 2.12. The average molecular weight is 316 g/mol. The standard InChI is InChI=1S/C17H24N4O.CH4/c1-11-8-9-13-15(18-11)21(12-6-5-7-12)16(19-13)20-14(22)10-17(2,3)4;/h8-9,12H,5-7,10H2,1-4H3,(H,19,20,22);1H4. The highest BCUT2D eigenvalue weighted by molar-refractivity contribution is 5.91. The maximum atomic E-state index is 12.3. The molecule has 5 nitrogen and oxygen atoms in total. The molecule has 5 heteroatoms. The van der Waals surface area contributed by atoms with Gasteiger partial charge in [-0.3, -0.25) is 14.7 Å². The number of carbonyl (C=O) groups is 1. The highest BCUT2D eigenvalue weighted by atomic mass is 16.1. The average Bonchev–Trinajstić information content (AvgIpc) is 2.63. The van der Waals surface area contributed by atoms with Crippen molar-refractivity contribution in [3.05, 3.63) is 17.8 Å². The van der Waals surface area contributed by atoms with Gasteiger partial charge >= 0.3 is 0 Å². The largest absolute Gasteiger partial charge is 0.296 e. The third-order valence-electron chi connectivity index (χ3n) is 4.06. The first-order valence-electron chi connectivity index (χ1n) is 7.99. The molecule has 23 heavy (non-hydrogen) atoms. The Morgan fingerprint density at radius 3 is 2.57 bits per heavy atom. The lowest BCUT2D eigenvalue weighted by molar-refractivity contribution is -0.117. The predicted octanol–water partition coefficient (Wildman–Crippen LogP) is 4.48. The molecule has 1 saturated carbocycles. The Bertz CT molecular complexity index is 708. The Kier molecular flexibility index (Phi) is 4.78. The van der Waals surface area contributed by atoms with Crippen LogP contribution in [0.4, 0.5) is 5.95 Å². The van der Waals surface area contributed by atoms with Crippen LogP contribution in [0.3, 0.4) is 0 Å². The van der Waals surface area contributed by atoms with Crippen LogP contribution >= 0.6 is 0 Å². The zero-order valence-electron chi connectivity index (χ0n) is 13.8. The first-order valence-corrected chi connectivity index (χ1v) is 7.99. The maximum absolute atomic E-state index is 12.3. The predicted molar refractivity (Wildman–Crippen MR) is 94.6 cm³/mol. The van der Waals surface area contributed by atoms with E-state index in [0.29, 0.717) is 18.4 Å². The van der Waals surface area contributed by atoms with E-state index < -0.39 is 0 Å². The molecule has 1 aliphatic carbocycles. The fourth-order valence-corrected chi connectivity index (χ4v) is 2.80. The Morgan fingerprint density at radius 2 is 2.00 bits per heavy atom. The van der Waals surface area contributed by atoms with E-state index in [4.69, 9.17) is 0 Å². The molecule has 0 spiro atoms. The summed E-state index contributed by atoms with van der Waals surface area (Å²) in [4.78, 5) is 21.5. The second-order valence-electron chi connectivity index (χ2n) is 7.47. The minimum Gasteiger partial charge on any atom is -0.296 e. The lowest BCUT2D eigenvalue weighted by Gasteiger charge is -2.28. The van der Waals surface area contributed by atoms with Gasteiger partial charge in [0.1, 0.15) is 5.52 Å². The molecular formula is C18H28N4O. The van der Waals surface area contributed by atoms with E-state index in [1.165, 1.54) is 6.42 Å². The topological polar surface area (TPSA) is 59.8 Å². The van der Waals surface area contributed by atoms with Gasteiger partial charge in [-0.25, -0.2) is 9.97 Å². The van der Waals surface area contributed by atoms with Crippen molar-refractivity contribution >= 4 is 23.0 Å². The van der Waals surface area contributed by atoms with E-state index in [1.54, 1.807) is 0 Å². The highest BCUT2D eigenvalue weighted by Crippen LogP contribution is 2.36.